The zero-order valence-corrected chi connectivity index (χ0v) is 14.8. The molecule has 0 saturated carbocycles. The summed E-state index contributed by atoms with van der Waals surface area (Å²) in [4.78, 5) is 13.1. The number of alkyl halides is 3. The third kappa shape index (κ3) is 3.80. The first-order valence-corrected chi connectivity index (χ1v) is 8.62. The van der Waals surface area contributed by atoms with E-state index >= 15 is 0 Å². The highest BCUT2D eigenvalue weighted by Gasteiger charge is 2.39. The molecule has 140 valence electrons. The second-order valence-corrected chi connectivity index (χ2v) is 6.49. The number of hydrogen-bond donors (Lipinski definition) is 1. The van der Waals surface area contributed by atoms with Crippen molar-refractivity contribution < 1.29 is 18.0 Å². The van der Waals surface area contributed by atoms with Crippen LogP contribution in [0.4, 0.5) is 18.9 Å². The Kier molecular flexibility index (Phi) is 5.13. The topological polar surface area (TPSA) is 50.2 Å². The number of anilines is 1. The van der Waals surface area contributed by atoms with E-state index in [2.05, 4.69) is 10.4 Å². The van der Waals surface area contributed by atoms with Gasteiger partial charge in [-0.15, -0.1) is 0 Å². The van der Waals surface area contributed by atoms with Gasteiger partial charge in [0.25, 0.3) is 0 Å². The average molecular weight is 387 g/mol. The summed E-state index contributed by atoms with van der Waals surface area (Å²) in [6.45, 7) is 0.793. The zero-order chi connectivity index (χ0) is 18.9. The fourth-order valence-corrected chi connectivity index (χ4v) is 3.32. The first-order chi connectivity index (χ1) is 12.3. The molecule has 0 radical (unpaired) electrons. The number of benzene rings is 1. The minimum Gasteiger partial charge on any atom is -0.371 e. The molecule has 1 aliphatic heterocycles. The predicted octanol–water partition coefficient (Wildman–Crippen LogP) is 3.66. The highest BCUT2D eigenvalue weighted by molar-refractivity contribution is 6.32. The number of likely N-dealkylation sites (tertiary alicyclic amines) is 1. The van der Waals surface area contributed by atoms with E-state index in [1.165, 1.54) is 0 Å². The Bertz CT molecular complexity index is 806. The fraction of sp³-hybridized carbons (Fsp3) is 0.412. The summed E-state index contributed by atoms with van der Waals surface area (Å²) < 4.78 is 39.3. The number of rotatable bonds is 5. The van der Waals surface area contributed by atoms with Crippen molar-refractivity contribution in [2.24, 2.45) is 0 Å². The van der Waals surface area contributed by atoms with Gasteiger partial charge in [-0.3, -0.25) is 4.79 Å². The van der Waals surface area contributed by atoms with Gasteiger partial charge in [0.1, 0.15) is 12.6 Å². The van der Waals surface area contributed by atoms with E-state index in [-0.39, 0.29) is 6.54 Å². The van der Waals surface area contributed by atoms with Gasteiger partial charge in [-0.25, -0.2) is 4.68 Å². The molecule has 3 rings (SSSR count). The Morgan fingerprint density at radius 1 is 1.35 bits per heavy atom. The molecule has 1 saturated heterocycles. The van der Waals surface area contributed by atoms with Crippen LogP contribution in [-0.2, 0) is 11.2 Å². The smallest absolute Gasteiger partial charge is 0.371 e. The van der Waals surface area contributed by atoms with Gasteiger partial charge in [0.2, 0.25) is 5.91 Å². The van der Waals surface area contributed by atoms with Crippen molar-refractivity contribution in [1.29, 1.82) is 0 Å². The number of carbonyl (C=O) groups excluding carboxylic acids is 1. The molecule has 1 unspecified atom stereocenters. The molecule has 0 bridgehead atoms. The lowest BCUT2D eigenvalue weighted by molar-refractivity contribution is -0.157. The SMILES string of the molecule is CCc1c(NC2CCN(CC(F)(F)F)C2=O)cnn1-c1ccccc1Cl. The first kappa shape index (κ1) is 18.6. The third-order valence-corrected chi connectivity index (χ3v) is 4.60. The monoisotopic (exact) mass is 386 g/mol. The molecule has 9 heteroatoms. The lowest BCUT2D eigenvalue weighted by atomic mass is 10.2. The van der Waals surface area contributed by atoms with Crippen molar-refractivity contribution in [3.8, 4) is 5.69 Å². The summed E-state index contributed by atoms with van der Waals surface area (Å²) in [5.74, 6) is -0.546. The van der Waals surface area contributed by atoms with Crippen molar-refractivity contribution in [3.05, 3.63) is 41.2 Å². The molecule has 1 fully saturated rings. The summed E-state index contributed by atoms with van der Waals surface area (Å²) in [5, 5.41) is 7.91. The van der Waals surface area contributed by atoms with E-state index in [1.807, 2.05) is 25.1 Å². The van der Waals surface area contributed by atoms with Gasteiger partial charge in [0.15, 0.2) is 0 Å². The number of halogens is 4. The lowest BCUT2D eigenvalue weighted by Crippen LogP contribution is -2.39. The number of para-hydroxylation sites is 1. The maximum absolute atomic E-state index is 12.5. The molecule has 1 N–H and O–H groups in total. The van der Waals surface area contributed by atoms with E-state index in [9.17, 15) is 18.0 Å². The standard InChI is InChI=1S/C17H18ClF3N4O/c1-2-14-13(9-22-25(14)15-6-4-3-5-11(15)18)23-12-7-8-24(16(12)26)10-17(19,20)21/h3-6,9,12,23H,2,7-8,10H2,1H3. The summed E-state index contributed by atoms with van der Waals surface area (Å²) in [6.07, 6.45) is -1.90. The molecule has 1 amide bonds. The minimum atomic E-state index is -4.39. The largest absolute Gasteiger partial charge is 0.406 e. The number of amides is 1. The number of nitrogens with zero attached hydrogens (tertiary/aromatic N) is 3. The van der Waals surface area contributed by atoms with Crippen LogP contribution in [0.25, 0.3) is 5.69 Å². The van der Waals surface area contributed by atoms with E-state index in [0.717, 1.165) is 10.6 Å². The Hall–Kier alpha value is -2.22. The Balaban J connectivity index is 1.79. The van der Waals surface area contributed by atoms with Crippen LogP contribution in [0.5, 0.6) is 0 Å². The highest BCUT2D eigenvalue weighted by Crippen LogP contribution is 2.27. The quantitative estimate of drug-likeness (QED) is 0.853. The van der Waals surface area contributed by atoms with Crippen molar-refractivity contribution in [2.75, 3.05) is 18.4 Å². The van der Waals surface area contributed by atoms with Crippen LogP contribution >= 0.6 is 11.6 Å². The van der Waals surface area contributed by atoms with Gasteiger partial charge in [0.05, 0.1) is 28.3 Å². The third-order valence-electron chi connectivity index (χ3n) is 4.28. The van der Waals surface area contributed by atoms with Crippen LogP contribution < -0.4 is 5.32 Å². The van der Waals surface area contributed by atoms with Crippen molar-refractivity contribution in [1.82, 2.24) is 14.7 Å². The normalized spacial score (nSPS) is 17.8. The molecule has 1 aromatic heterocycles. The molecule has 0 aliphatic carbocycles. The maximum atomic E-state index is 12.5. The second kappa shape index (κ2) is 7.19. The molecule has 1 aliphatic rings. The molecule has 1 atom stereocenters. The lowest BCUT2D eigenvalue weighted by Gasteiger charge is -2.19. The van der Waals surface area contributed by atoms with Gasteiger partial charge < -0.3 is 10.2 Å². The Labute approximate surface area is 153 Å². The van der Waals surface area contributed by atoms with Gasteiger partial charge in [-0.05, 0) is 25.0 Å². The number of nitrogens with one attached hydrogen (secondary N) is 1. The van der Waals surface area contributed by atoms with Crippen LogP contribution in [0.3, 0.4) is 0 Å². The highest BCUT2D eigenvalue weighted by atomic mass is 35.5. The van der Waals surface area contributed by atoms with Crippen LogP contribution in [0.15, 0.2) is 30.5 Å². The molecule has 2 heterocycles. The van der Waals surface area contributed by atoms with Gasteiger partial charge >= 0.3 is 6.18 Å². The molecule has 1 aromatic carbocycles. The Morgan fingerprint density at radius 3 is 2.73 bits per heavy atom. The van der Waals surface area contributed by atoms with Crippen molar-refractivity contribution in [2.45, 2.75) is 32.0 Å². The predicted molar refractivity (Wildman–Crippen MR) is 92.6 cm³/mol. The fourth-order valence-electron chi connectivity index (χ4n) is 3.10. The van der Waals surface area contributed by atoms with Crippen LogP contribution in [0, 0.1) is 0 Å². The minimum absolute atomic E-state index is 0.0795. The summed E-state index contributed by atoms with van der Waals surface area (Å²) in [6, 6.07) is 6.54. The molecular weight excluding hydrogens is 369 g/mol. The molecule has 2 aromatic rings. The maximum Gasteiger partial charge on any atom is 0.406 e. The van der Waals surface area contributed by atoms with Gasteiger partial charge in [-0.2, -0.15) is 18.3 Å². The van der Waals surface area contributed by atoms with Gasteiger partial charge in [-0.1, -0.05) is 30.7 Å². The van der Waals surface area contributed by atoms with Gasteiger partial charge in [0, 0.05) is 6.54 Å². The van der Waals surface area contributed by atoms with E-state index < -0.39 is 24.7 Å². The average Bonchev–Trinajstić information content (AvgIpc) is 3.12. The molecule has 0 spiro atoms. The zero-order valence-electron chi connectivity index (χ0n) is 14.1. The van der Waals surface area contributed by atoms with E-state index in [0.29, 0.717) is 29.2 Å². The molecule has 26 heavy (non-hydrogen) atoms. The molecular formula is C17H18ClF3N4O. The summed E-state index contributed by atoms with van der Waals surface area (Å²) in [5.41, 5.74) is 2.13. The van der Waals surface area contributed by atoms with Crippen LogP contribution in [0.1, 0.15) is 19.0 Å². The number of aromatic nitrogens is 2. The van der Waals surface area contributed by atoms with E-state index in [1.54, 1.807) is 16.9 Å². The van der Waals surface area contributed by atoms with Crippen molar-refractivity contribution in [3.63, 3.8) is 0 Å². The first-order valence-electron chi connectivity index (χ1n) is 8.24. The van der Waals surface area contributed by atoms with Crippen LogP contribution in [0.2, 0.25) is 5.02 Å². The van der Waals surface area contributed by atoms with Crippen molar-refractivity contribution >= 4 is 23.2 Å². The summed E-state index contributed by atoms with van der Waals surface area (Å²) in [7, 11) is 0. The number of hydrogen-bond acceptors (Lipinski definition) is 3. The summed E-state index contributed by atoms with van der Waals surface area (Å²) >= 11 is 6.22. The Morgan fingerprint density at radius 2 is 2.08 bits per heavy atom. The number of carbonyl (C=O) groups is 1. The molecule has 5 nitrogen and oxygen atoms in total. The van der Waals surface area contributed by atoms with Crippen LogP contribution in [-0.4, -0.2) is 45.9 Å². The second-order valence-electron chi connectivity index (χ2n) is 6.08. The van der Waals surface area contributed by atoms with E-state index in [4.69, 9.17) is 11.6 Å².